The van der Waals surface area contributed by atoms with Crippen LogP contribution in [0.3, 0.4) is 0 Å². The molecular weight excluding hydrogens is 202 g/mol. The van der Waals surface area contributed by atoms with Crippen molar-refractivity contribution in [1.82, 2.24) is 9.80 Å². The molecule has 0 N–H and O–H groups in total. The smallest absolute Gasteiger partial charge is 0.135 e. The SMILES string of the molecule is COCC(C#N)(C1CC1)N1CCN(C)CC1. The fourth-order valence-corrected chi connectivity index (χ4v) is 2.65. The molecule has 1 unspecified atom stereocenters. The third kappa shape index (κ3) is 2.08. The van der Waals surface area contributed by atoms with Crippen molar-refractivity contribution in [2.75, 3.05) is 46.9 Å². The lowest BCUT2D eigenvalue weighted by molar-refractivity contribution is 0.00557. The first-order valence-corrected chi connectivity index (χ1v) is 6.06. The van der Waals surface area contributed by atoms with Crippen LogP contribution in [-0.2, 0) is 4.74 Å². The van der Waals surface area contributed by atoms with Crippen molar-refractivity contribution >= 4 is 0 Å². The summed E-state index contributed by atoms with van der Waals surface area (Å²) < 4.78 is 5.30. The summed E-state index contributed by atoms with van der Waals surface area (Å²) >= 11 is 0. The first-order chi connectivity index (χ1) is 7.73. The van der Waals surface area contributed by atoms with E-state index in [0.717, 1.165) is 26.2 Å². The van der Waals surface area contributed by atoms with Crippen LogP contribution >= 0.6 is 0 Å². The van der Waals surface area contributed by atoms with Gasteiger partial charge < -0.3 is 9.64 Å². The van der Waals surface area contributed by atoms with Gasteiger partial charge in [-0.25, -0.2) is 0 Å². The van der Waals surface area contributed by atoms with Crippen LogP contribution in [0.4, 0.5) is 0 Å². The molecule has 0 spiro atoms. The minimum atomic E-state index is -0.351. The number of ether oxygens (including phenoxy) is 1. The molecule has 1 saturated heterocycles. The molecule has 1 aliphatic heterocycles. The molecule has 0 radical (unpaired) electrons. The van der Waals surface area contributed by atoms with Gasteiger partial charge in [0.05, 0.1) is 12.7 Å². The lowest BCUT2D eigenvalue weighted by atomic mass is 9.92. The van der Waals surface area contributed by atoms with Crippen LogP contribution in [0.1, 0.15) is 12.8 Å². The van der Waals surface area contributed by atoms with E-state index >= 15 is 0 Å². The van der Waals surface area contributed by atoms with Gasteiger partial charge in [0.25, 0.3) is 0 Å². The number of hydrogen-bond donors (Lipinski definition) is 0. The number of methoxy groups -OCH3 is 1. The lowest BCUT2D eigenvalue weighted by Gasteiger charge is -2.43. The molecule has 0 aromatic heterocycles. The Hall–Kier alpha value is -0.630. The maximum absolute atomic E-state index is 9.55. The Labute approximate surface area is 97.8 Å². The highest BCUT2D eigenvalue weighted by molar-refractivity contribution is 5.17. The molecule has 1 atom stereocenters. The van der Waals surface area contributed by atoms with E-state index in [1.165, 1.54) is 12.8 Å². The normalized spacial score (nSPS) is 27.3. The Morgan fingerprint density at radius 1 is 1.31 bits per heavy atom. The summed E-state index contributed by atoms with van der Waals surface area (Å²) in [7, 11) is 3.84. The van der Waals surface area contributed by atoms with E-state index in [0.29, 0.717) is 12.5 Å². The monoisotopic (exact) mass is 223 g/mol. The summed E-state index contributed by atoms with van der Waals surface area (Å²) in [6.07, 6.45) is 2.37. The third-order valence-corrected chi connectivity index (χ3v) is 3.88. The molecule has 1 saturated carbocycles. The van der Waals surface area contributed by atoms with Gasteiger partial charge in [0.2, 0.25) is 0 Å². The summed E-state index contributed by atoms with van der Waals surface area (Å²) in [6, 6.07) is 2.55. The van der Waals surface area contributed by atoms with Crippen LogP contribution < -0.4 is 0 Å². The molecule has 0 bridgehead atoms. The summed E-state index contributed by atoms with van der Waals surface area (Å²) in [5.74, 6) is 0.529. The topological polar surface area (TPSA) is 39.5 Å². The van der Waals surface area contributed by atoms with Crippen molar-refractivity contribution < 1.29 is 4.74 Å². The molecule has 4 nitrogen and oxygen atoms in total. The maximum Gasteiger partial charge on any atom is 0.135 e. The minimum absolute atomic E-state index is 0.351. The Balaban J connectivity index is 2.09. The number of likely N-dealkylation sites (N-methyl/N-ethyl adjacent to an activating group) is 1. The van der Waals surface area contributed by atoms with Gasteiger partial charge in [0, 0.05) is 33.3 Å². The zero-order chi connectivity index (χ0) is 11.6. The zero-order valence-corrected chi connectivity index (χ0v) is 10.3. The second-order valence-corrected chi connectivity index (χ2v) is 5.03. The Morgan fingerprint density at radius 2 is 1.94 bits per heavy atom. The van der Waals surface area contributed by atoms with Gasteiger partial charge in [-0.15, -0.1) is 0 Å². The number of nitrogens with zero attached hydrogens (tertiary/aromatic N) is 3. The van der Waals surface area contributed by atoms with Crippen LogP contribution in [-0.4, -0.2) is 62.3 Å². The van der Waals surface area contributed by atoms with Crippen molar-refractivity contribution in [3.05, 3.63) is 0 Å². The van der Waals surface area contributed by atoms with E-state index in [1.54, 1.807) is 7.11 Å². The summed E-state index contributed by atoms with van der Waals surface area (Å²) in [5, 5.41) is 9.55. The average molecular weight is 223 g/mol. The highest BCUT2D eigenvalue weighted by Gasteiger charge is 2.50. The molecule has 0 aromatic rings. The number of nitriles is 1. The molecule has 90 valence electrons. The third-order valence-electron chi connectivity index (χ3n) is 3.88. The highest BCUT2D eigenvalue weighted by Crippen LogP contribution is 2.43. The standard InChI is InChI=1S/C12H21N3O/c1-14-5-7-15(8-6-14)12(9-13,10-16-2)11-3-4-11/h11H,3-8,10H2,1-2H3. The first-order valence-electron chi connectivity index (χ1n) is 6.06. The van der Waals surface area contributed by atoms with E-state index in [-0.39, 0.29) is 5.54 Å². The average Bonchev–Trinajstić information content (AvgIpc) is 3.11. The predicted octanol–water partition coefficient (Wildman–Crippen LogP) is 0.553. The molecule has 2 aliphatic rings. The lowest BCUT2D eigenvalue weighted by Crippen LogP contribution is -2.59. The van der Waals surface area contributed by atoms with Gasteiger partial charge in [-0.1, -0.05) is 0 Å². The van der Waals surface area contributed by atoms with Crippen molar-refractivity contribution in [3.8, 4) is 6.07 Å². The van der Waals surface area contributed by atoms with Gasteiger partial charge >= 0.3 is 0 Å². The Kier molecular flexibility index (Phi) is 3.48. The summed E-state index contributed by atoms with van der Waals surface area (Å²) in [4.78, 5) is 4.66. The fourth-order valence-electron chi connectivity index (χ4n) is 2.65. The second kappa shape index (κ2) is 4.70. The van der Waals surface area contributed by atoms with E-state index in [1.807, 2.05) is 0 Å². The van der Waals surface area contributed by atoms with Crippen LogP contribution in [0.5, 0.6) is 0 Å². The van der Waals surface area contributed by atoms with E-state index in [2.05, 4.69) is 22.9 Å². The second-order valence-electron chi connectivity index (χ2n) is 5.03. The molecule has 1 aliphatic carbocycles. The van der Waals surface area contributed by atoms with Gasteiger partial charge in [0.1, 0.15) is 5.54 Å². The minimum Gasteiger partial charge on any atom is -0.382 e. The molecule has 1 heterocycles. The molecule has 2 fully saturated rings. The van der Waals surface area contributed by atoms with Crippen molar-refractivity contribution in [1.29, 1.82) is 5.26 Å². The molecular formula is C12H21N3O. The maximum atomic E-state index is 9.55. The van der Waals surface area contributed by atoms with Gasteiger partial charge in [-0.3, -0.25) is 4.90 Å². The quantitative estimate of drug-likeness (QED) is 0.698. The Bertz CT molecular complexity index is 276. The van der Waals surface area contributed by atoms with Crippen molar-refractivity contribution in [2.45, 2.75) is 18.4 Å². The molecule has 0 amide bonds. The van der Waals surface area contributed by atoms with E-state index in [4.69, 9.17) is 4.74 Å². The van der Waals surface area contributed by atoms with Crippen LogP contribution in [0.25, 0.3) is 0 Å². The van der Waals surface area contributed by atoms with Gasteiger partial charge in [0.15, 0.2) is 0 Å². The summed E-state index contributed by atoms with van der Waals surface area (Å²) in [6.45, 7) is 4.64. The molecule has 0 aromatic carbocycles. The predicted molar refractivity (Wildman–Crippen MR) is 62.0 cm³/mol. The number of piperazine rings is 1. The number of hydrogen-bond acceptors (Lipinski definition) is 4. The molecule has 16 heavy (non-hydrogen) atoms. The zero-order valence-electron chi connectivity index (χ0n) is 10.3. The molecule has 4 heteroatoms. The molecule has 2 rings (SSSR count). The van der Waals surface area contributed by atoms with Gasteiger partial charge in [-0.2, -0.15) is 5.26 Å². The van der Waals surface area contributed by atoms with Crippen molar-refractivity contribution in [3.63, 3.8) is 0 Å². The van der Waals surface area contributed by atoms with Crippen LogP contribution in [0.15, 0.2) is 0 Å². The van der Waals surface area contributed by atoms with Gasteiger partial charge in [-0.05, 0) is 25.8 Å². The fraction of sp³-hybridized carbons (Fsp3) is 0.917. The summed E-state index contributed by atoms with van der Waals surface area (Å²) in [5.41, 5.74) is -0.351. The highest BCUT2D eigenvalue weighted by atomic mass is 16.5. The van der Waals surface area contributed by atoms with Crippen molar-refractivity contribution in [2.24, 2.45) is 5.92 Å². The van der Waals surface area contributed by atoms with E-state index in [9.17, 15) is 5.26 Å². The van der Waals surface area contributed by atoms with E-state index < -0.39 is 0 Å². The largest absolute Gasteiger partial charge is 0.382 e. The van der Waals surface area contributed by atoms with Crippen LogP contribution in [0.2, 0.25) is 0 Å². The Morgan fingerprint density at radius 3 is 2.38 bits per heavy atom. The van der Waals surface area contributed by atoms with Crippen LogP contribution in [0, 0.1) is 17.2 Å². The first kappa shape index (κ1) is 11.8. The number of rotatable bonds is 4.